The van der Waals surface area contributed by atoms with Crippen LogP contribution in [0.15, 0.2) is 30.3 Å². The van der Waals surface area contributed by atoms with E-state index in [0.29, 0.717) is 12.6 Å². The minimum atomic E-state index is -1.03. The summed E-state index contributed by atoms with van der Waals surface area (Å²) in [5, 5.41) is 13.2. The molecule has 1 saturated carbocycles. The molecule has 0 spiro atoms. The SMILES string of the molecule is CN(CC(=O)NCC(C)(O)c1ccccc1)C1CC1. The molecular formula is C15H22N2O2. The maximum Gasteiger partial charge on any atom is 0.234 e. The number of carbonyl (C=O) groups is 1. The molecule has 4 nitrogen and oxygen atoms in total. The van der Waals surface area contributed by atoms with Crippen molar-refractivity contribution >= 4 is 5.91 Å². The Kier molecular flexibility index (Phi) is 4.22. The Morgan fingerprint density at radius 3 is 2.63 bits per heavy atom. The molecule has 1 aliphatic rings. The van der Waals surface area contributed by atoms with E-state index >= 15 is 0 Å². The highest BCUT2D eigenvalue weighted by Gasteiger charge is 2.28. The topological polar surface area (TPSA) is 52.6 Å². The molecule has 0 saturated heterocycles. The lowest BCUT2D eigenvalue weighted by Crippen LogP contribution is -2.43. The molecule has 0 heterocycles. The standard InChI is InChI=1S/C15H22N2O2/c1-15(19,12-6-4-3-5-7-12)11-16-14(18)10-17(2)13-8-9-13/h3-7,13,19H,8-11H2,1-2H3,(H,16,18). The van der Waals surface area contributed by atoms with Crippen LogP contribution in [0.3, 0.4) is 0 Å². The predicted octanol–water partition coefficient (Wildman–Crippen LogP) is 1.10. The highest BCUT2D eigenvalue weighted by Crippen LogP contribution is 2.24. The average Bonchev–Trinajstić information content (AvgIpc) is 3.22. The van der Waals surface area contributed by atoms with E-state index in [1.807, 2.05) is 37.4 Å². The maximum absolute atomic E-state index is 11.8. The summed E-state index contributed by atoms with van der Waals surface area (Å²) in [5.41, 5.74) is -0.222. The molecule has 0 bridgehead atoms. The first-order valence-electron chi connectivity index (χ1n) is 6.74. The summed E-state index contributed by atoms with van der Waals surface area (Å²) in [5.74, 6) is -0.0365. The monoisotopic (exact) mass is 262 g/mol. The van der Waals surface area contributed by atoms with Gasteiger partial charge in [0.15, 0.2) is 0 Å². The van der Waals surface area contributed by atoms with Gasteiger partial charge in [0.2, 0.25) is 5.91 Å². The summed E-state index contributed by atoms with van der Waals surface area (Å²) in [6.45, 7) is 2.34. The number of nitrogens with one attached hydrogen (secondary N) is 1. The number of benzene rings is 1. The minimum absolute atomic E-state index is 0.0365. The van der Waals surface area contributed by atoms with Crippen LogP contribution in [-0.2, 0) is 10.4 Å². The predicted molar refractivity (Wildman–Crippen MR) is 74.7 cm³/mol. The molecule has 1 amide bonds. The first-order valence-corrected chi connectivity index (χ1v) is 6.74. The van der Waals surface area contributed by atoms with Crippen molar-refractivity contribution in [1.29, 1.82) is 0 Å². The number of hydrogen-bond donors (Lipinski definition) is 2. The van der Waals surface area contributed by atoms with Gasteiger partial charge < -0.3 is 10.4 Å². The van der Waals surface area contributed by atoms with E-state index in [9.17, 15) is 9.90 Å². The molecule has 1 unspecified atom stereocenters. The highest BCUT2D eigenvalue weighted by atomic mass is 16.3. The van der Waals surface area contributed by atoms with Crippen LogP contribution in [0.25, 0.3) is 0 Å². The van der Waals surface area contributed by atoms with E-state index in [0.717, 1.165) is 5.56 Å². The number of likely N-dealkylation sites (N-methyl/N-ethyl adjacent to an activating group) is 1. The molecule has 1 fully saturated rings. The van der Waals surface area contributed by atoms with Gasteiger partial charge in [-0.3, -0.25) is 9.69 Å². The summed E-state index contributed by atoms with van der Waals surface area (Å²) in [6, 6.07) is 9.97. The van der Waals surface area contributed by atoms with Gasteiger partial charge in [0.05, 0.1) is 13.1 Å². The summed E-state index contributed by atoms with van der Waals surface area (Å²) in [6.07, 6.45) is 2.37. The van der Waals surface area contributed by atoms with Gasteiger partial charge in [-0.25, -0.2) is 0 Å². The third-order valence-electron chi connectivity index (χ3n) is 3.59. The Morgan fingerprint density at radius 2 is 2.05 bits per heavy atom. The fourth-order valence-electron chi connectivity index (χ4n) is 2.10. The zero-order valence-corrected chi connectivity index (χ0v) is 11.6. The smallest absolute Gasteiger partial charge is 0.234 e. The van der Waals surface area contributed by atoms with Gasteiger partial charge in [0.25, 0.3) is 0 Å². The molecule has 2 rings (SSSR count). The van der Waals surface area contributed by atoms with Gasteiger partial charge in [0.1, 0.15) is 5.60 Å². The number of amides is 1. The number of nitrogens with zero attached hydrogens (tertiary/aromatic N) is 1. The lowest BCUT2D eigenvalue weighted by atomic mass is 9.96. The largest absolute Gasteiger partial charge is 0.384 e. The molecule has 1 aromatic carbocycles. The van der Waals surface area contributed by atoms with Gasteiger partial charge in [-0.1, -0.05) is 30.3 Å². The number of rotatable bonds is 6. The first kappa shape index (κ1) is 14.0. The van der Waals surface area contributed by atoms with Crippen LogP contribution in [0, 0.1) is 0 Å². The van der Waals surface area contributed by atoms with Crippen LogP contribution in [-0.4, -0.2) is 42.1 Å². The molecule has 0 aliphatic heterocycles. The van der Waals surface area contributed by atoms with Crippen LogP contribution in [0.1, 0.15) is 25.3 Å². The van der Waals surface area contributed by atoms with Crippen LogP contribution in [0.5, 0.6) is 0 Å². The highest BCUT2D eigenvalue weighted by molar-refractivity contribution is 5.78. The second kappa shape index (κ2) is 5.72. The second-order valence-corrected chi connectivity index (χ2v) is 5.56. The summed E-state index contributed by atoms with van der Waals surface area (Å²) < 4.78 is 0. The lowest BCUT2D eigenvalue weighted by molar-refractivity contribution is -0.123. The zero-order valence-electron chi connectivity index (χ0n) is 11.6. The van der Waals surface area contributed by atoms with E-state index in [-0.39, 0.29) is 12.5 Å². The fraction of sp³-hybridized carbons (Fsp3) is 0.533. The van der Waals surface area contributed by atoms with Gasteiger partial charge in [-0.15, -0.1) is 0 Å². The molecule has 104 valence electrons. The van der Waals surface area contributed by atoms with E-state index in [1.165, 1.54) is 12.8 Å². The van der Waals surface area contributed by atoms with Gasteiger partial charge in [-0.05, 0) is 32.4 Å². The maximum atomic E-state index is 11.8. The molecule has 4 heteroatoms. The zero-order chi connectivity index (χ0) is 13.9. The number of hydrogen-bond acceptors (Lipinski definition) is 3. The normalized spacial score (nSPS) is 18.1. The molecule has 0 aromatic heterocycles. The molecule has 19 heavy (non-hydrogen) atoms. The molecule has 1 atom stereocenters. The Hall–Kier alpha value is -1.39. The first-order chi connectivity index (χ1) is 8.99. The Balaban J connectivity index is 1.82. The average molecular weight is 262 g/mol. The van der Waals surface area contributed by atoms with Gasteiger partial charge >= 0.3 is 0 Å². The van der Waals surface area contributed by atoms with Crippen LogP contribution in [0.4, 0.5) is 0 Å². The molecule has 0 radical (unpaired) electrons. The summed E-state index contributed by atoms with van der Waals surface area (Å²) in [4.78, 5) is 13.9. The fourth-order valence-corrected chi connectivity index (χ4v) is 2.10. The van der Waals surface area contributed by atoms with E-state index in [4.69, 9.17) is 0 Å². The summed E-state index contributed by atoms with van der Waals surface area (Å²) in [7, 11) is 1.96. The van der Waals surface area contributed by atoms with Crippen LogP contribution >= 0.6 is 0 Å². The van der Waals surface area contributed by atoms with Gasteiger partial charge in [0, 0.05) is 6.04 Å². The van der Waals surface area contributed by atoms with Crippen LogP contribution < -0.4 is 5.32 Å². The van der Waals surface area contributed by atoms with Crippen molar-refractivity contribution in [2.75, 3.05) is 20.1 Å². The van der Waals surface area contributed by atoms with Gasteiger partial charge in [-0.2, -0.15) is 0 Å². The summed E-state index contributed by atoms with van der Waals surface area (Å²) >= 11 is 0. The van der Waals surface area contributed by atoms with Crippen molar-refractivity contribution in [2.45, 2.75) is 31.4 Å². The van der Waals surface area contributed by atoms with Crippen molar-refractivity contribution in [3.63, 3.8) is 0 Å². The van der Waals surface area contributed by atoms with E-state index in [1.54, 1.807) is 6.92 Å². The molecular weight excluding hydrogens is 240 g/mol. The second-order valence-electron chi connectivity index (χ2n) is 5.56. The Labute approximate surface area is 114 Å². The Bertz CT molecular complexity index is 427. The minimum Gasteiger partial charge on any atom is -0.384 e. The molecule has 1 aromatic rings. The van der Waals surface area contributed by atoms with Crippen molar-refractivity contribution in [3.8, 4) is 0 Å². The quantitative estimate of drug-likeness (QED) is 0.807. The third kappa shape index (κ3) is 4.04. The van der Waals surface area contributed by atoms with Crippen LogP contribution in [0.2, 0.25) is 0 Å². The number of carbonyl (C=O) groups excluding carboxylic acids is 1. The molecule has 1 aliphatic carbocycles. The number of aliphatic hydroxyl groups is 1. The van der Waals surface area contributed by atoms with Crippen molar-refractivity contribution in [1.82, 2.24) is 10.2 Å². The molecule has 2 N–H and O–H groups in total. The third-order valence-corrected chi connectivity index (χ3v) is 3.59. The lowest BCUT2D eigenvalue weighted by Gasteiger charge is -2.25. The van der Waals surface area contributed by atoms with E-state index < -0.39 is 5.60 Å². The van der Waals surface area contributed by atoms with E-state index in [2.05, 4.69) is 10.2 Å². The Morgan fingerprint density at radius 1 is 1.42 bits per heavy atom. The van der Waals surface area contributed by atoms with Crippen molar-refractivity contribution < 1.29 is 9.90 Å². The van der Waals surface area contributed by atoms with Crippen molar-refractivity contribution in [2.24, 2.45) is 0 Å². The van der Waals surface area contributed by atoms with Crippen molar-refractivity contribution in [3.05, 3.63) is 35.9 Å².